The van der Waals surface area contributed by atoms with Crippen molar-refractivity contribution in [1.29, 1.82) is 0 Å². The van der Waals surface area contributed by atoms with Gasteiger partial charge in [0.1, 0.15) is 0 Å². The van der Waals surface area contributed by atoms with Crippen LogP contribution in [-0.4, -0.2) is 53.7 Å². The molecule has 24 heavy (non-hydrogen) atoms. The van der Waals surface area contributed by atoms with Gasteiger partial charge in [-0.1, -0.05) is 17.7 Å². The standard InChI is InChI=1S/C16H22N2O5S/c1-11-4-6-12(7-5-11)17-13(19)8-24-9-14(20)18-16(2,10-23-3)15(21)22/h4-7H,8-10H2,1-3H3,(H,17,19)(H,18,20)(H,21,22). The first kappa shape index (κ1) is 20.0. The molecule has 2 amide bonds. The molecule has 1 aromatic rings. The molecule has 0 saturated carbocycles. The van der Waals surface area contributed by atoms with E-state index in [0.717, 1.165) is 17.3 Å². The van der Waals surface area contributed by atoms with Crippen LogP contribution in [0.4, 0.5) is 5.69 Å². The first-order chi connectivity index (χ1) is 11.3. The van der Waals surface area contributed by atoms with Gasteiger partial charge in [-0.05, 0) is 26.0 Å². The molecule has 0 spiro atoms. The van der Waals surface area contributed by atoms with Crippen molar-refractivity contribution >= 4 is 35.2 Å². The van der Waals surface area contributed by atoms with Crippen LogP contribution in [0, 0.1) is 6.92 Å². The Balaban J connectivity index is 2.37. The number of aliphatic carboxylic acids is 1. The summed E-state index contributed by atoms with van der Waals surface area (Å²) in [7, 11) is 1.36. The highest BCUT2D eigenvalue weighted by molar-refractivity contribution is 8.00. The molecule has 0 radical (unpaired) electrons. The first-order valence-corrected chi connectivity index (χ1v) is 8.40. The fourth-order valence-electron chi connectivity index (χ4n) is 1.85. The number of benzene rings is 1. The third-order valence-electron chi connectivity index (χ3n) is 3.12. The maximum Gasteiger partial charge on any atom is 0.331 e. The van der Waals surface area contributed by atoms with E-state index in [1.54, 1.807) is 12.1 Å². The molecule has 1 aromatic carbocycles. The minimum atomic E-state index is -1.49. The second kappa shape index (κ2) is 9.29. The summed E-state index contributed by atoms with van der Waals surface area (Å²) in [6.07, 6.45) is 0. The van der Waals surface area contributed by atoms with Gasteiger partial charge in [-0.2, -0.15) is 0 Å². The van der Waals surface area contributed by atoms with Crippen LogP contribution in [-0.2, 0) is 19.1 Å². The molecule has 7 nitrogen and oxygen atoms in total. The van der Waals surface area contributed by atoms with E-state index >= 15 is 0 Å². The fraction of sp³-hybridized carbons (Fsp3) is 0.438. The summed E-state index contributed by atoms with van der Waals surface area (Å²) in [5, 5.41) is 14.3. The van der Waals surface area contributed by atoms with E-state index in [4.69, 9.17) is 9.84 Å². The number of rotatable bonds is 9. The number of nitrogens with one attached hydrogen (secondary N) is 2. The Kier molecular flexibility index (Phi) is 7.73. The highest BCUT2D eigenvalue weighted by Gasteiger charge is 2.34. The molecule has 0 aliphatic carbocycles. The first-order valence-electron chi connectivity index (χ1n) is 7.24. The Morgan fingerprint density at radius 2 is 1.75 bits per heavy atom. The summed E-state index contributed by atoms with van der Waals surface area (Å²) in [6.45, 7) is 3.17. The van der Waals surface area contributed by atoms with E-state index in [0.29, 0.717) is 5.69 Å². The normalized spacial score (nSPS) is 13.0. The number of hydrogen-bond acceptors (Lipinski definition) is 5. The molecule has 0 aliphatic rings. The zero-order chi connectivity index (χ0) is 18.2. The van der Waals surface area contributed by atoms with Crippen LogP contribution in [0.5, 0.6) is 0 Å². The lowest BCUT2D eigenvalue weighted by Crippen LogP contribution is -2.55. The van der Waals surface area contributed by atoms with Crippen molar-refractivity contribution in [3.63, 3.8) is 0 Å². The Labute approximate surface area is 145 Å². The molecule has 0 saturated heterocycles. The number of carbonyl (C=O) groups is 3. The number of thioether (sulfide) groups is 1. The van der Waals surface area contributed by atoms with Crippen LogP contribution in [0.2, 0.25) is 0 Å². The Hall–Kier alpha value is -2.06. The summed E-state index contributed by atoms with van der Waals surface area (Å²) in [5.41, 5.74) is 0.294. The van der Waals surface area contributed by atoms with Gasteiger partial charge in [0.15, 0.2) is 5.54 Å². The number of carboxylic acids is 1. The number of hydrogen-bond donors (Lipinski definition) is 3. The molecule has 8 heteroatoms. The summed E-state index contributed by atoms with van der Waals surface area (Å²) >= 11 is 1.10. The van der Waals surface area contributed by atoms with Crippen molar-refractivity contribution in [3.05, 3.63) is 29.8 Å². The van der Waals surface area contributed by atoms with Crippen molar-refractivity contribution in [2.75, 3.05) is 30.5 Å². The number of aryl methyl sites for hydroxylation is 1. The zero-order valence-corrected chi connectivity index (χ0v) is 14.7. The summed E-state index contributed by atoms with van der Waals surface area (Å²) in [4.78, 5) is 34.8. The van der Waals surface area contributed by atoms with Crippen LogP contribution in [0.25, 0.3) is 0 Å². The predicted octanol–water partition coefficient (Wildman–Crippen LogP) is 1.27. The summed E-state index contributed by atoms with van der Waals surface area (Å²) in [6, 6.07) is 7.37. The molecule has 0 heterocycles. The largest absolute Gasteiger partial charge is 0.479 e. The van der Waals surface area contributed by atoms with E-state index < -0.39 is 17.4 Å². The quantitative estimate of drug-likeness (QED) is 0.617. The Morgan fingerprint density at radius 3 is 2.29 bits per heavy atom. The maximum absolute atomic E-state index is 11.8. The molecule has 3 N–H and O–H groups in total. The van der Waals surface area contributed by atoms with Crippen molar-refractivity contribution in [2.24, 2.45) is 0 Å². The van der Waals surface area contributed by atoms with Crippen molar-refractivity contribution in [2.45, 2.75) is 19.4 Å². The zero-order valence-electron chi connectivity index (χ0n) is 13.9. The molecule has 1 rings (SSSR count). The molecular formula is C16H22N2O5S. The fourth-order valence-corrected chi connectivity index (χ4v) is 2.47. The summed E-state index contributed by atoms with van der Waals surface area (Å²) < 4.78 is 4.82. The molecule has 0 aliphatic heterocycles. The number of carboxylic acid groups (broad SMARTS) is 1. The van der Waals surface area contributed by atoms with Gasteiger partial charge < -0.3 is 20.5 Å². The van der Waals surface area contributed by atoms with Gasteiger partial charge in [0, 0.05) is 12.8 Å². The number of amides is 2. The van der Waals surface area contributed by atoms with Crippen LogP contribution < -0.4 is 10.6 Å². The molecular weight excluding hydrogens is 332 g/mol. The smallest absolute Gasteiger partial charge is 0.331 e. The number of ether oxygens (including phenoxy) is 1. The van der Waals surface area contributed by atoms with Gasteiger partial charge in [-0.3, -0.25) is 9.59 Å². The van der Waals surface area contributed by atoms with Gasteiger partial charge >= 0.3 is 5.97 Å². The van der Waals surface area contributed by atoms with Crippen molar-refractivity contribution in [3.8, 4) is 0 Å². The third kappa shape index (κ3) is 6.59. The lowest BCUT2D eigenvalue weighted by atomic mass is 10.0. The van der Waals surface area contributed by atoms with Crippen molar-refractivity contribution in [1.82, 2.24) is 5.32 Å². The lowest BCUT2D eigenvalue weighted by Gasteiger charge is -2.25. The van der Waals surface area contributed by atoms with Crippen LogP contribution in [0.15, 0.2) is 24.3 Å². The lowest BCUT2D eigenvalue weighted by molar-refractivity contribution is -0.148. The van der Waals surface area contributed by atoms with E-state index in [-0.39, 0.29) is 24.0 Å². The van der Waals surface area contributed by atoms with Gasteiger partial charge in [0.05, 0.1) is 18.1 Å². The van der Waals surface area contributed by atoms with Gasteiger partial charge in [-0.15, -0.1) is 11.8 Å². The van der Waals surface area contributed by atoms with Gasteiger partial charge in [0.25, 0.3) is 0 Å². The van der Waals surface area contributed by atoms with Crippen LogP contribution in [0.3, 0.4) is 0 Å². The van der Waals surface area contributed by atoms with Crippen molar-refractivity contribution < 1.29 is 24.2 Å². The maximum atomic E-state index is 11.8. The van der Waals surface area contributed by atoms with Gasteiger partial charge in [-0.25, -0.2) is 4.79 Å². The second-order valence-electron chi connectivity index (χ2n) is 5.53. The molecule has 0 aromatic heterocycles. The SMILES string of the molecule is COCC(C)(NC(=O)CSCC(=O)Nc1ccc(C)cc1)C(=O)O. The number of anilines is 1. The van der Waals surface area contributed by atoms with E-state index in [2.05, 4.69) is 10.6 Å². The summed E-state index contributed by atoms with van der Waals surface area (Å²) in [5.74, 6) is -1.80. The molecule has 132 valence electrons. The van der Waals surface area contributed by atoms with Crippen LogP contribution >= 0.6 is 11.8 Å². The van der Waals surface area contributed by atoms with E-state index in [9.17, 15) is 14.4 Å². The Morgan fingerprint density at radius 1 is 1.17 bits per heavy atom. The monoisotopic (exact) mass is 354 g/mol. The van der Waals surface area contributed by atoms with E-state index in [1.807, 2.05) is 19.1 Å². The minimum Gasteiger partial charge on any atom is -0.479 e. The third-order valence-corrected chi connectivity index (χ3v) is 4.05. The predicted molar refractivity (Wildman–Crippen MR) is 93.2 cm³/mol. The molecule has 1 atom stereocenters. The average Bonchev–Trinajstić information content (AvgIpc) is 2.49. The Bertz CT molecular complexity index is 591. The number of carbonyl (C=O) groups excluding carboxylic acids is 2. The molecule has 0 bridgehead atoms. The average molecular weight is 354 g/mol. The second-order valence-corrected chi connectivity index (χ2v) is 6.51. The van der Waals surface area contributed by atoms with Crippen LogP contribution in [0.1, 0.15) is 12.5 Å². The highest BCUT2D eigenvalue weighted by Crippen LogP contribution is 2.10. The van der Waals surface area contributed by atoms with Gasteiger partial charge in [0.2, 0.25) is 11.8 Å². The minimum absolute atomic E-state index is 0.0199. The molecule has 1 unspecified atom stereocenters. The molecule has 0 fully saturated rings. The van der Waals surface area contributed by atoms with E-state index in [1.165, 1.54) is 14.0 Å². The topological polar surface area (TPSA) is 105 Å². The highest BCUT2D eigenvalue weighted by atomic mass is 32.2. The number of methoxy groups -OCH3 is 1.